The number of anilines is 2. The second-order valence-electron chi connectivity index (χ2n) is 12.5. The summed E-state index contributed by atoms with van der Waals surface area (Å²) >= 11 is 0. The van der Waals surface area contributed by atoms with Crippen molar-refractivity contribution in [2.75, 3.05) is 63.3 Å². The van der Waals surface area contributed by atoms with E-state index in [0.29, 0.717) is 35.1 Å². The molecule has 0 saturated carbocycles. The number of piperazine rings is 2. The number of fused-ring (bicyclic) bond motifs is 2. The van der Waals surface area contributed by atoms with Gasteiger partial charge in [0.2, 0.25) is 0 Å². The summed E-state index contributed by atoms with van der Waals surface area (Å²) in [5.74, 6) is 3.89. The molecule has 51 heavy (non-hydrogen) atoms. The topological polar surface area (TPSA) is 182 Å². The lowest BCUT2D eigenvalue weighted by molar-refractivity contribution is -0.115. The lowest BCUT2D eigenvalue weighted by Crippen LogP contribution is -2.59. The summed E-state index contributed by atoms with van der Waals surface area (Å²) in [4.78, 5) is 47.7. The van der Waals surface area contributed by atoms with E-state index in [1.165, 1.54) is 27.6 Å². The number of allylic oxidation sites excluding steroid dienone is 1. The van der Waals surface area contributed by atoms with Gasteiger partial charge in [-0.1, -0.05) is 12.5 Å². The number of nitrogens with zero attached hydrogens (tertiary/aromatic N) is 10. The van der Waals surface area contributed by atoms with Gasteiger partial charge in [-0.2, -0.15) is 10.5 Å². The summed E-state index contributed by atoms with van der Waals surface area (Å²) in [7, 11) is -0.959. The van der Waals surface area contributed by atoms with Crippen LogP contribution in [-0.2, 0) is 23.2 Å². The van der Waals surface area contributed by atoms with Gasteiger partial charge in [-0.3, -0.25) is 19.2 Å². The van der Waals surface area contributed by atoms with E-state index >= 15 is 0 Å². The molecular formula is C35H45N10O5P. The number of carbonyl (C=O) groups excluding carboxylic acids is 2. The first kappa shape index (κ1) is 39.2. The van der Waals surface area contributed by atoms with Crippen molar-refractivity contribution in [3.63, 3.8) is 0 Å². The maximum absolute atomic E-state index is 11.3. The third-order valence-corrected chi connectivity index (χ3v) is 11.6. The Labute approximate surface area is 299 Å². The smallest absolute Gasteiger partial charge is 0.351 e. The van der Waals surface area contributed by atoms with Crippen LogP contribution < -0.4 is 9.80 Å². The van der Waals surface area contributed by atoms with Gasteiger partial charge in [0.25, 0.3) is 0 Å². The zero-order valence-corrected chi connectivity index (χ0v) is 30.3. The second kappa shape index (κ2) is 18.6. The van der Waals surface area contributed by atoms with Gasteiger partial charge in [-0.25, -0.2) is 19.9 Å². The molecule has 270 valence electrons. The zero-order valence-electron chi connectivity index (χ0n) is 29.4. The molecule has 0 amide bonds. The minimum absolute atomic E-state index is 0.0631. The lowest BCUT2D eigenvalue weighted by Gasteiger charge is -2.47. The Kier molecular flexibility index (Phi) is 14.3. The van der Waals surface area contributed by atoms with Crippen molar-refractivity contribution >= 4 is 31.3 Å². The van der Waals surface area contributed by atoms with Gasteiger partial charge in [-0.05, 0) is 45.4 Å². The first-order chi connectivity index (χ1) is 24.6. The second-order valence-corrected chi connectivity index (χ2v) is 14.7. The molecule has 0 aliphatic carbocycles. The maximum Gasteiger partial charge on any atom is 0.363 e. The fraction of sp³-hybridized carbons (Fsp3) is 0.543. The highest BCUT2D eigenvalue weighted by atomic mass is 31.2. The van der Waals surface area contributed by atoms with Crippen molar-refractivity contribution in [2.24, 2.45) is 0 Å². The first-order valence-electron chi connectivity index (χ1n) is 16.9. The first-order valence-corrected chi connectivity index (χ1v) is 18.5. The average molecular weight is 717 g/mol. The molecule has 4 saturated heterocycles. The third-order valence-electron chi connectivity index (χ3n) is 9.67. The molecule has 0 radical (unpaired) electrons. The van der Waals surface area contributed by atoms with Crippen molar-refractivity contribution in [2.45, 2.75) is 69.6 Å². The van der Waals surface area contributed by atoms with Crippen LogP contribution in [0.5, 0.6) is 0 Å². The van der Waals surface area contributed by atoms with Crippen molar-refractivity contribution in [1.82, 2.24) is 29.7 Å². The lowest BCUT2D eigenvalue weighted by atomic mass is 9.93. The van der Waals surface area contributed by atoms with Crippen LogP contribution in [0.4, 0.5) is 11.6 Å². The van der Waals surface area contributed by atoms with Crippen molar-refractivity contribution in [3.05, 3.63) is 48.1 Å². The van der Waals surface area contributed by atoms with Gasteiger partial charge in [0.1, 0.15) is 18.4 Å². The summed E-state index contributed by atoms with van der Waals surface area (Å²) in [6.45, 7) is 9.67. The van der Waals surface area contributed by atoms with Crippen LogP contribution in [0.3, 0.4) is 0 Å². The summed E-state index contributed by atoms with van der Waals surface area (Å²) in [5, 5.41) is 18.1. The van der Waals surface area contributed by atoms with E-state index < -0.39 is 13.4 Å². The van der Waals surface area contributed by atoms with E-state index in [-0.39, 0.29) is 17.4 Å². The van der Waals surface area contributed by atoms with E-state index in [4.69, 9.17) is 16.9 Å². The Morgan fingerprint density at radius 3 is 1.80 bits per heavy atom. The fourth-order valence-electron chi connectivity index (χ4n) is 7.02. The molecule has 4 aliphatic heterocycles. The normalized spacial score (nSPS) is 23.2. The summed E-state index contributed by atoms with van der Waals surface area (Å²) in [6.07, 6.45) is 19.7. The Bertz CT molecular complexity index is 1710. The molecule has 4 atom stereocenters. The van der Waals surface area contributed by atoms with E-state index in [0.717, 1.165) is 77.7 Å². The monoisotopic (exact) mass is 716 g/mol. The number of Topliss-reactive ketones (excluding diaryl/α,β-unsaturated/α-hetero) is 1. The zero-order chi connectivity index (χ0) is 37.0. The number of aromatic nitrogens is 4. The van der Waals surface area contributed by atoms with Gasteiger partial charge in [-0.15, -0.1) is 6.42 Å². The molecule has 0 unspecified atom stereocenters. The highest BCUT2D eigenvalue weighted by Crippen LogP contribution is 2.53. The number of terminal acetylenes is 1. The molecule has 0 bridgehead atoms. The summed E-state index contributed by atoms with van der Waals surface area (Å²) in [6, 6.07) is 5.40. The number of hydrogen-bond acceptors (Lipinski definition) is 15. The Balaban J connectivity index is 0.000000180. The molecule has 4 fully saturated rings. The third kappa shape index (κ3) is 9.42. The van der Waals surface area contributed by atoms with E-state index in [1.54, 1.807) is 24.8 Å². The van der Waals surface area contributed by atoms with Crippen LogP contribution in [0.15, 0.2) is 36.7 Å². The molecule has 4 aliphatic rings. The SMILES string of the molecule is C#C[C@H]1CCC[C@H]2CN(c3nccnc3C#N)CCN21.C=C(C(C)=O)P(=O)(OC)OC.N#Cc1nccnc1N1CCN2[C@@H](CCC[C@@H]2C=O)C1. The quantitative estimate of drug-likeness (QED) is 0.176. The van der Waals surface area contributed by atoms with Crippen molar-refractivity contribution in [1.29, 1.82) is 10.5 Å². The molecule has 6 rings (SSSR count). The molecule has 2 aromatic heterocycles. The predicted molar refractivity (Wildman–Crippen MR) is 191 cm³/mol. The number of carbonyl (C=O) groups is 2. The Morgan fingerprint density at radius 1 is 0.863 bits per heavy atom. The van der Waals surface area contributed by atoms with Gasteiger partial charge >= 0.3 is 7.60 Å². The van der Waals surface area contributed by atoms with Crippen LogP contribution in [0.2, 0.25) is 0 Å². The van der Waals surface area contributed by atoms with Crippen LogP contribution in [0.25, 0.3) is 0 Å². The van der Waals surface area contributed by atoms with E-state index in [9.17, 15) is 14.2 Å². The fourth-order valence-corrected chi connectivity index (χ4v) is 8.00. The van der Waals surface area contributed by atoms with Gasteiger partial charge in [0, 0.05) is 90.4 Å². The molecule has 0 N–H and O–H groups in total. The minimum Gasteiger partial charge on any atom is -0.351 e. The number of aldehydes is 1. The van der Waals surface area contributed by atoms with Crippen LogP contribution in [0, 0.1) is 35.0 Å². The number of hydrogen-bond donors (Lipinski definition) is 0. The molecule has 16 heteroatoms. The molecular weight excluding hydrogens is 671 g/mol. The van der Waals surface area contributed by atoms with E-state index in [2.05, 4.69) is 73.2 Å². The van der Waals surface area contributed by atoms with Crippen LogP contribution in [0.1, 0.15) is 56.8 Å². The number of rotatable bonds is 7. The number of ketones is 1. The summed E-state index contributed by atoms with van der Waals surface area (Å²) < 4.78 is 20.4. The molecule has 15 nitrogen and oxygen atoms in total. The van der Waals surface area contributed by atoms with Crippen LogP contribution in [-0.4, -0.2) is 119 Å². The molecule has 6 heterocycles. The van der Waals surface area contributed by atoms with Gasteiger partial charge < -0.3 is 23.6 Å². The standard InChI is InChI=1S/C15H17N5.C14H17N5O.C6H11O4P/c1-2-12-4-3-5-13-11-19(8-9-20(12)13)15-14(10-16)17-6-7-18-15;15-8-13-14(17-5-4-16-13)18-6-7-19-11(9-18)2-1-3-12(19)10-20;1-5(7)6(2)11(8,9-3)10-4/h1,6-7,12-13H,3-5,8-9,11H2;4-5,10-12H,1-3,6-7,9H2;2H2,1,3-4H3/t12-,13-;11-,12+;/m00./s1. The minimum atomic E-state index is -3.37. The number of piperidine rings is 2. The average Bonchev–Trinajstić information content (AvgIpc) is 3.19. The molecule has 0 spiro atoms. The molecule has 0 aromatic carbocycles. The largest absolute Gasteiger partial charge is 0.363 e. The predicted octanol–water partition coefficient (Wildman–Crippen LogP) is 3.19. The Morgan fingerprint density at radius 2 is 1.35 bits per heavy atom. The summed E-state index contributed by atoms with van der Waals surface area (Å²) in [5.41, 5.74) is 0.786. The highest BCUT2D eigenvalue weighted by Gasteiger charge is 2.37. The molecule has 2 aromatic rings. The van der Waals surface area contributed by atoms with E-state index in [1.807, 2.05) is 0 Å². The number of nitriles is 2. The van der Waals surface area contributed by atoms with Gasteiger partial charge in [0.15, 0.2) is 28.8 Å². The Hall–Kier alpha value is -4.55. The van der Waals surface area contributed by atoms with Crippen molar-refractivity contribution < 1.29 is 23.2 Å². The van der Waals surface area contributed by atoms with Crippen molar-refractivity contribution in [3.8, 4) is 24.5 Å². The highest BCUT2D eigenvalue weighted by molar-refractivity contribution is 7.59. The van der Waals surface area contributed by atoms with Crippen LogP contribution >= 0.6 is 7.60 Å². The maximum atomic E-state index is 11.3. The van der Waals surface area contributed by atoms with Gasteiger partial charge in [0.05, 0.1) is 17.4 Å².